The lowest BCUT2D eigenvalue weighted by Crippen LogP contribution is -2.35. The summed E-state index contributed by atoms with van der Waals surface area (Å²) in [4.78, 5) is 24.9. The number of hydrogen-bond donors (Lipinski definition) is 3. The number of anilines is 1. The third-order valence-electron chi connectivity index (χ3n) is 5.10. The fourth-order valence-corrected chi connectivity index (χ4v) is 4.44. The number of benzene rings is 2. The smallest absolute Gasteiger partial charge is 0.254 e. The number of halogens is 3. The molecule has 2 unspecified atom stereocenters. The van der Waals surface area contributed by atoms with Crippen molar-refractivity contribution in [3.8, 4) is 0 Å². The standard InChI is InChI=1S/C20H15ClF2N4O4S/c1-8-19(20(29)26-16-2-9-7-24-27-15(9)6-14(16)23)11(4-18(28)25-8)10-3-17(32(30)31)12(21)5-13(10)22/h2-3,5-7,11H,4H2,1H3,(H,24,27)(H,25,28)(H,26,29)(H,30,31)/p-1. The number of fused-ring (bicyclic) bond motifs is 1. The highest BCUT2D eigenvalue weighted by Crippen LogP contribution is 2.37. The molecule has 8 nitrogen and oxygen atoms in total. The Hall–Kier alpha value is -3.15. The molecular formula is C20H14ClF2N4O4S-. The number of nitrogens with one attached hydrogen (secondary N) is 3. The van der Waals surface area contributed by atoms with Crippen LogP contribution in [0.4, 0.5) is 14.5 Å². The van der Waals surface area contributed by atoms with Gasteiger partial charge >= 0.3 is 0 Å². The second kappa shape index (κ2) is 8.41. The van der Waals surface area contributed by atoms with Crippen LogP contribution in [0.25, 0.3) is 10.9 Å². The molecule has 12 heteroatoms. The largest absolute Gasteiger partial charge is 0.768 e. The second-order valence-electron chi connectivity index (χ2n) is 7.13. The molecule has 2 aromatic carbocycles. The Balaban J connectivity index is 1.76. The first kappa shape index (κ1) is 22.1. The Bertz CT molecular complexity index is 1340. The number of hydrogen-bond acceptors (Lipinski definition) is 5. The summed E-state index contributed by atoms with van der Waals surface area (Å²) in [5.74, 6) is -4.01. The monoisotopic (exact) mass is 479 g/mol. The van der Waals surface area contributed by atoms with Crippen LogP contribution in [0.5, 0.6) is 0 Å². The number of carbonyl (C=O) groups is 2. The molecule has 2 amide bonds. The van der Waals surface area contributed by atoms with Gasteiger partial charge in [0.15, 0.2) is 0 Å². The van der Waals surface area contributed by atoms with Crippen molar-refractivity contribution in [3.63, 3.8) is 0 Å². The number of rotatable bonds is 4. The fourth-order valence-electron chi connectivity index (χ4n) is 3.66. The molecule has 1 aliphatic heterocycles. The van der Waals surface area contributed by atoms with Gasteiger partial charge in [-0.3, -0.25) is 18.9 Å². The third-order valence-corrected chi connectivity index (χ3v) is 6.22. The van der Waals surface area contributed by atoms with E-state index in [1.807, 2.05) is 0 Å². The molecule has 32 heavy (non-hydrogen) atoms. The van der Waals surface area contributed by atoms with E-state index < -0.39 is 40.4 Å². The Morgan fingerprint density at radius 3 is 2.75 bits per heavy atom. The van der Waals surface area contributed by atoms with Gasteiger partial charge in [0.25, 0.3) is 5.91 Å². The Morgan fingerprint density at radius 2 is 2.03 bits per heavy atom. The molecular weight excluding hydrogens is 466 g/mol. The zero-order valence-electron chi connectivity index (χ0n) is 16.3. The summed E-state index contributed by atoms with van der Waals surface area (Å²) in [7, 11) is 0. The molecule has 166 valence electrons. The number of allylic oxidation sites excluding steroid dienone is 1. The average molecular weight is 480 g/mol. The van der Waals surface area contributed by atoms with Crippen LogP contribution in [0.2, 0.25) is 5.02 Å². The van der Waals surface area contributed by atoms with Crippen LogP contribution in [0, 0.1) is 11.6 Å². The summed E-state index contributed by atoms with van der Waals surface area (Å²) in [6.45, 7) is 1.44. The van der Waals surface area contributed by atoms with E-state index in [4.69, 9.17) is 11.6 Å². The lowest BCUT2D eigenvalue weighted by Gasteiger charge is -2.28. The van der Waals surface area contributed by atoms with E-state index in [0.717, 1.165) is 18.2 Å². The van der Waals surface area contributed by atoms with Crippen molar-refractivity contribution in [1.82, 2.24) is 15.5 Å². The number of aromatic nitrogens is 2. The highest BCUT2D eigenvalue weighted by molar-refractivity contribution is 7.79. The number of amides is 2. The van der Waals surface area contributed by atoms with E-state index in [2.05, 4.69) is 20.8 Å². The van der Waals surface area contributed by atoms with Crippen molar-refractivity contribution in [1.29, 1.82) is 0 Å². The normalized spacial score (nSPS) is 17.4. The Morgan fingerprint density at radius 1 is 1.28 bits per heavy atom. The number of aromatic amines is 1. The summed E-state index contributed by atoms with van der Waals surface area (Å²) in [6, 6.07) is 4.34. The minimum Gasteiger partial charge on any atom is -0.768 e. The molecule has 3 aromatic rings. The zero-order chi connectivity index (χ0) is 23.2. The van der Waals surface area contributed by atoms with Crippen LogP contribution in [0.15, 0.2) is 46.6 Å². The van der Waals surface area contributed by atoms with E-state index in [-0.39, 0.29) is 38.9 Å². The number of nitrogens with zero attached hydrogens (tertiary/aromatic N) is 1. The summed E-state index contributed by atoms with van der Waals surface area (Å²) >= 11 is 3.03. The maximum absolute atomic E-state index is 14.8. The van der Waals surface area contributed by atoms with E-state index in [1.165, 1.54) is 19.2 Å². The van der Waals surface area contributed by atoms with Gasteiger partial charge in [-0.25, -0.2) is 8.78 Å². The van der Waals surface area contributed by atoms with Gasteiger partial charge in [-0.05, 0) is 41.8 Å². The summed E-state index contributed by atoms with van der Waals surface area (Å²) < 4.78 is 52.1. The first-order valence-corrected chi connectivity index (χ1v) is 10.6. The van der Waals surface area contributed by atoms with Gasteiger partial charge in [0, 0.05) is 40.0 Å². The predicted molar refractivity (Wildman–Crippen MR) is 111 cm³/mol. The molecule has 0 fully saturated rings. The van der Waals surface area contributed by atoms with Crippen LogP contribution < -0.4 is 10.6 Å². The van der Waals surface area contributed by atoms with Crippen molar-refractivity contribution in [2.75, 3.05) is 5.32 Å². The van der Waals surface area contributed by atoms with Crippen LogP contribution in [0.1, 0.15) is 24.8 Å². The molecule has 2 atom stereocenters. The maximum Gasteiger partial charge on any atom is 0.254 e. The lowest BCUT2D eigenvalue weighted by atomic mass is 9.83. The number of H-pyrrole nitrogens is 1. The van der Waals surface area contributed by atoms with Crippen molar-refractivity contribution in [3.05, 3.63) is 64.0 Å². The molecule has 1 aromatic heterocycles. The molecule has 2 heterocycles. The molecule has 0 spiro atoms. The van der Waals surface area contributed by atoms with Crippen molar-refractivity contribution >= 4 is 51.1 Å². The van der Waals surface area contributed by atoms with Gasteiger partial charge in [-0.2, -0.15) is 5.10 Å². The van der Waals surface area contributed by atoms with Crippen molar-refractivity contribution in [2.24, 2.45) is 0 Å². The predicted octanol–water partition coefficient (Wildman–Crippen LogP) is 3.25. The summed E-state index contributed by atoms with van der Waals surface area (Å²) in [5.41, 5.74) is 0.185. The van der Waals surface area contributed by atoms with Crippen molar-refractivity contribution in [2.45, 2.75) is 24.2 Å². The van der Waals surface area contributed by atoms with Gasteiger partial charge in [-0.15, -0.1) is 0 Å². The SMILES string of the molecule is CC1=C(C(=O)Nc2cc3cn[nH]c3cc2F)C(c2cc(S(=O)[O-])c(Cl)cc2F)CC(=O)N1. The molecule has 3 N–H and O–H groups in total. The zero-order valence-corrected chi connectivity index (χ0v) is 17.9. The van der Waals surface area contributed by atoms with E-state index >= 15 is 0 Å². The van der Waals surface area contributed by atoms with Gasteiger partial charge in [-0.1, -0.05) is 11.6 Å². The highest BCUT2D eigenvalue weighted by Gasteiger charge is 2.34. The topological polar surface area (TPSA) is 127 Å². The average Bonchev–Trinajstić information content (AvgIpc) is 3.14. The van der Waals surface area contributed by atoms with E-state index in [9.17, 15) is 27.1 Å². The molecule has 0 bridgehead atoms. The molecule has 0 saturated carbocycles. The van der Waals surface area contributed by atoms with Gasteiger partial charge in [0.05, 0.1) is 22.4 Å². The Labute approximate surface area is 187 Å². The van der Waals surface area contributed by atoms with Gasteiger partial charge in [0.1, 0.15) is 11.6 Å². The van der Waals surface area contributed by atoms with Gasteiger partial charge in [0.2, 0.25) is 5.91 Å². The first-order valence-electron chi connectivity index (χ1n) is 9.18. The molecule has 0 radical (unpaired) electrons. The third kappa shape index (κ3) is 4.01. The van der Waals surface area contributed by atoms with Crippen LogP contribution in [-0.2, 0) is 20.7 Å². The van der Waals surface area contributed by atoms with Gasteiger partial charge < -0.3 is 15.2 Å². The molecule has 0 aliphatic carbocycles. The quantitative estimate of drug-likeness (QED) is 0.495. The van der Waals surface area contributed by atoms with E-state index in [1.54, 1.807) is 0 Å². The fraction of sp³-hybridized carbons (Fsp3) is 0.150. The lowest BCUT2D eigenvalue weighted by molar-refractivity contribution is -0.121. The second-order valence-corrected chi connectivity index (χ2v) is 8.44. The minimum absolute atomic E-state index is 0.0415. The van der Waals surface area contributed by atoms with Crippen LogP contribution in [0.3, 0.4) is 0 Å². The highest BCUT2D eigenvalue weighted by atomic mass is 35.5. The summed E-state index contributed by atoms with van der Waals surface area (Å²) in [5, 5.41) is 11.6. The number of carbonyl (C=O) groups excluding carboxylic acids is 2. The van der Waals surface area contributed by atoms with Crippen LogP contribution >= 0.6 is 11.6 Å². The minimum atomic E-state index is -2.77. The summed E-state index contributed by atoms with van der Waals surface area (Å²) in [6.07, 6.45) is 1.12. The maximum atomic E-state index is 14.8. The molecule has 1 aliphatic rings. The van der Waals surface area contributed by atoms with Crippen LogP contribution in [-0.4, -0.2) is 30.8 Å². The van der Waals surface area contributed by atoms with E-state index in [0.29, 0.717) is 10.9 Å². The van der Waals surface area contributed by atoms with Crippen molar-refractivity contribution < 1.29 is 27.1 Å². The first-order chi connectivity index (χ1) is 15.2. The molecule has 4 rings (SSSR count). The Kier molecular flexibility index (Phi) is 5.80. The molecule has 0 saturated heterocycles.